The van der Waals surface area contributed by atoms with Crippen LogP contribution in [-0.4, -0.2) is 31.6 Å². The highest BCUT2D eigenvalue weighted by atomic mass is 16.4. The van der Waals surface area contributed by atoms with Gasteiger partial charge in [0.1, 0.15) is 17.2 Å². The Balaban J connectivity index is 1.70. The first kappa shape index (κ1) is 15.2. The van der Waals surface area contributed by atoms with Crippen LogP contribution in [0.25, 0.3) is 5.82 Å². The van der Waals surface area contributed by atoms with Crippen LogP contribution in [0.4, 0.5) is 5.82 Å². The van der Waals surface area contributed by atoms with Crippen molar-refractivity contribution in [2.45, 2.75) is 26.4 Å². The maximum Gasteiger partial charge on any atom is 0.176 e. The number of furan rings is 1. The number of hydrogen-bond donors (Lipinski definition) is 2. The van der Waals surface area contributed by atoms with Gasteiger partial charge in [-0.3, -0.25) is 0 Å². The number of aliphatic hydroxyl groups is 1. The summed E-state index contributed by atoms with van der Waals surface area (Å²) in [6.07, 6.45) is 1.53. The van der Waals surface area contributed by atoms with Crippen LogP contribution in [0, 0.1) is 13.8 Å². The van der Waals surface area contributed by atoms with Crippen molar-refractivity contribution in [1.29, 1.82) is 0 Å². The van der Waals surface area contributed by atoms with Gasteiger partial charge in [0.05, 0.1) is 18.5 Å². The first-order valence-corrected chi connectivity index (χ1v) is 7.33. The predicted molar refractivity (Wildman–Crippen MR) is 85.4 cm³/mol. The van der Waals surface area contributed by atoms with Crippen molar-refractivity contribution in [3.05, 3.63) is 53.7 Å². The lowest BCUT2D eigenvalue weighted by Crippen LogP contribution is -2.30. The van der Waals surface area contributed by atoms with E-state index in [2.05, 4.69) is 20.6 Å². The number of nitrogens with one attached hydrogen (secondary N) is 1. The molecule has 0 aliphatic rings. The van der Waals surface area contributed by atoms with Gasteiger partial charge in [0.25, 0.3) is 0 Å². The third kappa shape index (κ3) is 3.24. The van der Waals surface area contributed by atoms with E-state index < -0.39 is 5.60 Å². The highest BCUT2D eigenvalue weighted by Crippen LogP contribution is 2.21. The third-order valence-electron chi connectivity index (χ3n) is 3.54. The first-order valence-electron chi connectivity index (χ1n) is 7.33. The van der Waals surface area contributed by atoms with E-state index >= 15 is 0 Å². The van der Waals surface area contributed by atoms with Gasteiger partial charge in [0.2, 0.25) is 0 Å². The Morgan fingerprint density at radius 1 is 1.26 bits per heavy atom. The fourth-order valence-electron chi connectivity index (χ4n) is 2.33. The monoisotopic (exact) mass is 313 g/mol. The molecule has 1 unspecified atom stereocenters. The second-order valence-electron chi connectivity index (χ2n) is 5.72. The topological polar surface area (TPSA) is 89.0 Å². The Hall–Kier alpha value is -2.67. The second kappa shape index (κ2) is 5.85. The van der Waals surface area contributed by atoms with E-state index in [9.17, 15) is 5.11 Å². The molecule has 7 nitrogen and oxygen atoms in total. The molecule has 3 aromatic rings. The van der Waals surface area contributed by atoms with E-state index in [1.54, 1.807) is 29.8 Å². The van der Waals surface area contributed by atoms with E-state index in [0.29, 0.717) is 17.4 Å². The Labute approximate surface area is 134 Å². The zero-order chi connectivity index (χ0) is 16.4. The molecule has 3 aromatic heterocycles. The summed E-state index contributed by atoms with van der Waals surface area (Å²) in [4.78, 5) is 0. The standard InChI is InChI=1S/C16H19N5O2/c1-11-9-12(2)21(20-11)15-7-6-14(18-19-15)17-10-16(3,22)13-5-4-8-23-13/h4-9,22H,10H2,1-3H3,(H,17,18). The number of nitrogens with zero attached hydrogens (tertiary/aromatic N) is 4. The quantitative estimate of drug-likeness (QED) is 0.750. The second-order valence-corrected chi connectivity index (χ2v) is 5.72. The van der Waals surface area contributed by atoms with Gasteiger partial charge in [-0.15, -0.1) is 10.2 Å². The SMILES string of the molecule is Cc1cc(C)n(-c2ccc(NCC(C)(O)c3ccco3)nn2)n1. The summed E-state index contributed by atoms with van der Waals surface area (Å²) >= 11 is 0. The molecule has 7 heteroatoms. The number of aromatic nitrogens is 4. The van der Waals surface area contributed by atoms with E-state index in [4.69, 9.17) is 4.42 Å². The van der Waals surface area contributed by atoms with Gasteiger partial charge in [0.15, 0.2) is 5.82 Å². The van der Waals surface area contributed by atoms with Crippen molar-refractivity contribution in [3.8, 4) is 5.82 Å². The van der Waals surface area contributed by atoms with Gasteiger partial charge in [-0.05, 0) is 51.1 Å². The minimum absolute atomic E-state index is 0.258. The Morgan fingerprint density at radius 3 is 2.65 bits per heavy atom. The Morgan fingerprint density at radius 2 is 2.09 bits per heavy atom. The molecule has 1 atom stereocenters. The van der Waals surface area contributed by atoms with Crippen LogP contribution in [0.5, 0.6) is 0 Å². The molecule has 0 aliphatic heterocycles. The smallest absolute Gasteiger partial charge is 0.176 e. The van der Waals surface area contributed by atoms with Gasteiger partial charge in [-0.25, -0.2) is 4.68 Å². The van der Waals surface area contributed by atoms with Gasteiger partial charge < -0.3 is 14.8 Å². The first-order chi connectivity index (χ1) is 11.0. The third-order valence-corrected chi connectivity index (χ3v) is 3.54. The molecular formula is C16H19N5O2. The number of rotatable bonds is 5. The van der Waals surface area contributed by atoms with Gasteiger partial charge in [-0.1, -0.05) is 0 Å². The van der Waals surface area contributed by atoms with Gasteiger partial charge in [-0.2, -0.15) is 5.10 Å². The lowest BCUT2D eigenvalue weighted by Gasteiger charge is -2.21. The molecule has 3 heterocycles. The summed E-state index contributed by atoms with van der Waals surface area (Å²) in [6, 6.07) is 9.09. The normalized spacial score (nSPS) is 13.7. The zero-order valence-electron chi connectivity index (χ0n) is 13.3. The van der Waals surface area contributed by atoms with Crippen molar-refractivity contribution in [2.75, 3.05) is 11.9 Å². The molecule has 0 amide bonds. The molecule has 0 saturated carbocycles. The molecule has 3 rings (SSSR count). The van der Waals surface area contributed by atoms with E-state index in [0.717, 1.165) is 11.4 Å². The minimum atomic E-state index is -1.13. The largest absolute Gasteiger partial charge is 0.466 e. The van der Waals surface area contributed by atoms with Crippen molar-refractivity contribution in [3.63, 3.8) is 0 Å². The van der Waals surface area contributed by atoms with Crippen molar-refractivity contribution < 1.29 is 9.52 Å². The zero-order valence-corrected chi connectivity index (χ0v) is 13.3. The number of anilines is 1. The summed E-state index contributed by atoms with van der Waals surface area (Å²) in [5, 5.41) is 26.1. The fourth-order valence-corrected chi connectivity index (χ4v) is 2.33. The lowest BCUT2D eigenvalue weighted by molar-refractivity contribution is 0.0475. The maximum atomic E-state index is 10.4. The molecule has 0 spiro atoms. The highest BCUT2D eigenvalue weighted by Gasteiger charge is 2.26. The summed E-state index contributed by atoms with van der Waals surface area (Å²) < 4.78 is 6.98. The number of hydrogen-bond acceptors (Lipinski definition) is 6. The Kier molecular flexibility index (Phi) is 3.87. The molecule has 0 fully saturated rings. The van der Waals surface area contributed by atoms with Crippen LogP contribution < -0.4 is 5.32 Å². The van der Waals surface area contributed by atoms with Crippen LogP contribution in [0.15, 0.2) is 41.0 Å². The van der Waals surface area contributed by atoms with E-state index in [1.165, 1.54) is 6.26 Å². The van der Waals surface area contributed by atoms with Crippen LogP contribution in [0.2, 0.25) is 0 Å². The number of aryl methyl sites for hydroxylation is 2. The van der Waals surface area contributed by atoms with Crippen LogP contribution in [0.1, 0.15) is 24.1 Å². The summed E-state index contributed by atoms with van der Waals surface area (Å²) in [6.45, 7) is 5.84. The molecule has 120 valence electrons. The van der Waals surface area contributed by atoms with Crippen molar-refractivity contribution in [2.24, 2.45) is 0 Å². The van der Waals surface area contributed by atoms with E-state index in [1.807, 2.05) is 26.0 Å². The molecular weight excluding hydrogens is 294 g/mol. The molecule has 0 saturated heterocycles. The maximum absolute atomic E-state index is 10.4. The highest BCUT2D eigenvalue weighted by molar-refractivity contribution is 5.37. The summed E-state index contributed by atoms with van der Waals surface area (Å²) in [5.41, 5.74) is 0.804. The fraction of sp³-hybridized carbons (Fsp3) is 0.312. The summed E-state index contributed by atoms with van der Waals surface area (Å²) in [7, 11) is 0. The Bertz CT molecular complexity index is 775. The lowest BCUT2D eigenvalue weighted by atomic mass is 10.0. The molecule has 0 aliphatic carbocycles. The molecule has 0 aromatic carbocycles. The summed E-state index contributed by atoms with van der Waals surface area (Å²) in [5.74, 6) is 1.72. The van der Waals surface area contributed by atoms with E-state index in [-0.39, 0.29) is 6.54 Å². The van der Waals surface area contributed by atoms with Crippen molar-refractivity contribution >= 4 is 5.82 Å². The molecule has 0 bridgehead atoms. The molecule has 23 heavy (non-hydrogen) atoms. The van der Waals surface area contributed by atoms with Gasteiger partial charge >= 0.3 is 0 Å². The predicted octanol–water partition coefficient (Wildman–Crippen LogP) is 2.19. The van der Waals surface area contributed by atoms with Crippen molar-refractivity contribution in [1.82, 2.24) is 20.0 Å². The van der Waals surface area contributed by atoms with Crippen LogP contribution in [0.3, 0.4) is 0 Å². The van der Waals surface area contributed by atoms with Gasteiger partial charge in [0, 0.05) is 5.69 Å². The molecule has 0 radical (unpaired) electrons. The van der Waals surface area contributed by atoms with Crippen LogP contribution in [-0.2, 0) is 5.60 Å². The average Bonchev–Trinajstić information content (AvgIpc) is 3.16. The average molecular weight is 313 g/mol. The molecule has 2 N–H and O–H groups in total. The van der Waals surface area contributed by atoms with Crippen LogP contribution >= 0.6 is 0 Å². The minimum Gasteiger partial charge on any atom is -0.466 e.